The largest absolute Gasteiger partial charge is 0.493 e. The summed E-state index contributed by atoms with van der Waals surface area (Å²) in [5.74, 6) is 2.42. The summed E-state index contributed by atoms with van der Waals surface area (Å²) < 4.78 is 13.0. The number of hydrogen-bond acceptors (Lipinski definition) is 6. The Bertz CT molecular complexity index is 1060. The van der Waals surface area contributed by atoms with Crippen LogP contribution in [0.25, 0.3) is 5.69 Å². The summed E-state index contributed by atoms with van der Waals surface area (Å²) in [5, 5.41) is 7.41. The summed E-state index contributed by atoms with van der Waals surface area (Å²) in [4.78, 5) is 19.4. The zero-order valence-corrected chi connectivity index (χ0v) is 18.7. The molecule has 0 spiro atoms. The highest BCUT2D eigenvalue weighted by Gasteiger charge is 2.31. The molecule has 0 aliphatic heterocycles. The molecule has 0 atom stereocenters. The normalized spacial score (nSPS) is 13.2. The van der Waals surface area contributed by atoms with Crippen LogP contribution in [0.1, 0.15) is 40.8 Å². The summed E-state index contributed by atoms with van der Waals surface area (Å²) >= 11 is 0. The van der Waals surface area contributed by atoms with E-state index in [1.54, 1.807) is 11.8 Å². The Morgan fingerprint density at radius 3 is 2.62 bits per heavy atom. The number of nitrogens with one attached hydrogen (secondary N) is 1. The van der Waals surface area contributed by atoms with Gasteiger partial charge in [-0.2, -0.15) is 0 Å². The second-order valence-corrected chi connectivity index (χ2v) is 8.13. The van der Waals surface area contributed by atoms with Gasteiger partial charge in [0, 0.05) is 19.0 Å². The van der Waals surface area contributed by atoms with Crippen LogP contribution in [-0.2, 0) is 6.54 Å². The van der Waals surface area contributed by atoms with E-state index in [-0.39, 0.29) is 11.7 Å². The summed E-state index contributed by atoms with van der Waals surface area (Å²) in [5.41, 5.74) is 1.82. The van der Waals surface area contributed by atoms with Gasteiger partial charge in [0.05, 0.1) is 12.8 Å². The minimum absolute atomic E-state index is 0.186. The number of carbonyl (C=O) groups excluding carboxylic acids is 1. The van der Waals surface area contributed by atoms with E-state index in [2.05, 4.69) is 20.3 Å². The molecule has 3 aromatic rings. The highest BCUT2D eigenvalue weighted by Crippen LogP contribution is 2.39. The number of hydrogen-bond donors (Lipinski definition) is 1. The maximum atomic E-state index is 12.8. The first-order chi connectivity index (χ1) is 15.5. The van der Waals surface area contributed by atoms with Gasteiger partial charge in [-0.15, -0.1) is 5.10 Å². The molecule has 1 aromatic heterocycles. The zero-order chi connectivity index (χ0) is 22.5. The third-order valence-electron chi connectivity index (χ3n) is 5.26. The SMILES string of the molecule is COc1cc(CNC(=O)c2nc(C3CC3)n(-c3ccccc3)n2)ccc1OCCN(C)C. The average Bonchev–Trinajstić information content (AvgIpc) is 3.56. The number of nitrogens with zero attached hydrogens (tertiary/aromatic N) is 4. The number of amides is 1. The summed E-state index contributed by atoms with van der Waals surface area (Å²) in [7, 11) is 5.60. The number of rotatable bonds is 10. The predicted molar refractivity (Wildman–Crippen MR) is 122 cm³/mol. The van der Waals surface area contributed by atoms with Gasteiger partial charge in [-0.05, 0) is 56.8 Å². The first kappa shape index (κ1) is 21.8. The maximum absolute atomic E-state index is 12.8. The molecule has 1 fully saturated rings. The third-order valence-corrected chi connectivity index (χ3v) is 5.26. The van der Waals surface area contributed by atoms with Crippen molar-refractivity contribution >= 4 is 5.91 Å². The zero-order valence-electron chi connectivity index (χ0n) is 18.7. The summed E-state index contributed by atoms with van der Waals surface area (Å²) in [6.45, 7) is 1.72. The van der Waals surface area contributed by atoms with Gasteiger partial charge in [-0.1, -0.05) is 24.3 Å². The molecule has 4 rings (SSSR count). The van der Waals surface area contributed by atoms with Crippen LogP contribution in [0.5, 0.6) is 11.5 Å². The molecule has 0 unspecified atom stereocenters. The Hall–Kier alpha value is -3.39. The van der Waals surface area contributed by atoms with Crippen LogP contribution in [0.2, 0.25) is 0 Å². The maximum Gasteiger partial charge on any atom is 0.291 e. The van der Waals surface area contributed by atoms with E-state index in [0.717, 1.165) is 36.5 Å². The molecule has 1 aliphatic rings. The number of aromatic nitrogens is 3. The van der Waals surface area contributed by atoms with Crippen LogP contribution in [0, 0.1) is 0 Å². The molecular formula is C24H29N5O3. The Kier molecular flexibility index (Phi) is 6.70. The van der Waals surface area contributed by atoms with Gasteiger partial charge in [0.2, 0.25) is 5.82 Å². The number of likely N-dealkylation sites (N-methyl/N-ethyl adjacent to an activating group) is 1. The molecule has 8 nitrogen and oxygen atoms in total. The lowest BCUT2D eigenvalue weighted by molar-refractivity contribution is 0.0940. The van der Waals surface area contributed by atoms with Gasteiger partial charge in [0.25, 0.3) is 5.91 Å². The van der Waals surface area contributed by atoms with Crippen LogP contribution >= 0.6 is 0 Å². The Morgan fingerprint density at radius 1 is 1.16 bits per heavy atom. The Balaban J connectivity index is 1.42. The molecule has 0 bridgehead atoms. The van der Waals surface area contributed by atoms with Crippen molar-refractivity contribution in [3.05, 3.63) is 65.7 Å². The minimum atomic E-state index is -0.299. The summed E-state index contributed by atoms with van der Waals surface area (Å²) in [6.07, 6.45) is 2.16. The molecule has 1 amide bonds. The van der Waals surface area contributed by atoms with Crippen molar-refractivity contribution in [3.8, 4) is 17.2 Å². The number of methoxy groups -OCH3 is 1. The molecule has 168 valence electrons. The van der Waals surface area contributed by atoms with Gasteiger partial charge in [-0.25, -0.2) is 9.67 Å². The lowest BCUT2D eigenvalue weighted by Gasteiger charge is -2.14. The molecule has 32 heavy (non-hydrogen) atoms. The van der Waals surface area contributed by atoms with Crippen molar-refractivity contribution in [1.82, 2.24) is 25.0 Å². The second-order valence-electron chi connectivity index (χ2n) is 8.13. The van der Waals surface area contributed by atoms with Gasteiger partial charge < -0.3 is 19.7 Å². The molecule has 1 aliphatic carbocycles. The fourth-order valence-corrected chi connectivity index (χ4v) is 3.33. The van der Waals surface area contributed by atoms with E-state index >= 15 is 0 Å². The van der Waals surface area contributed by atoms with Crippen molar-refractivity contribution in [2.45, 2.75) is 25.3 Å². The highest BCUT2D eigenvalue weighted by molar-refractivity contribution is 5.90. The molecule has 1 heterocycles. The van der Waals surface area contributed by atoms with E-state index in [4.69, 9.17) is 9.47 Å². The topological polar surface area (TPSA) is 81.5 Å². The number of para-hydroxylation sites is 1. The Labute approximate surface area is 188 Å². The molecule has 8 heteroatoms. The quantitative estimate of drug-likeness (QED) is 0.527. The lowest BCUT2D eigenvalue weighted by Crippen LogP contribution is -2.24. The number of ether oxygens (including phenoxy) is 2. The van der Waals surface area contributed by atoms with Crippen molar-refractivity contribution in [2.24, 2.45) is 0 Å². The predicted octanol–water partition coefficient (Wildman–Crippen LogP) is 3.02. The van der Waals surface area contributed by atoms with E-state index in [1.807, 2.05) is 62.6 Å². The first-order valence-electron chi connectivity index (χ1n) is 10.8. The summed E-state index contributed by atoms with van der Waals surface area (Å²) in [6, 6.07) is 15.5. The molecule has 1 saturated carbocycles. The van der Waals surface area contributed by atoms with Crippen molar-refractivity contribution < 1.29 is 14.3 Å². The van der Waals surface area contributed by atoms with Crippen LogP contribution in [0.3, 0.4) is 0 Å². The molecule has 2 aromatic carbocycles. The first-order valence-corrected chi connectivity index (χ1v) is 10.8. The standard InChI is InChI=1S/C24H29N5O3/c1-28(2)13-14-32-20-12-9-17(15-21(20)31-3)16-25-24(30)22-26-23(18-10-11-18)29(27-22)19-7-5-4-6-8-19/h4-9,12,15,18H,10-11,13-14,16H2,1-3H3,(H,25,30). The van der Waals surface area contributed by atoms with Crippen LogP contribution in [0.15, 0.2) is 48.5 Å². The van der Waals surface area contributed by atoms with Crippen LogP contribution in [0.4, 0.5) is 0 Å². The van der Waals surface area contributed by atoms with Crippen molar-refractivity contribution in [2.75, 3.05) is 34.4 Å². The number of benzene rings is 2. The van der Waals surface area contributed by atoms with Gasteiger partial charge in [0.15, 0.2) is 11.5 Å². The van der Waals surface area contributed by atoms with E-state index in [0.29, 0.717) is 30.6 Å². The Morgan fingerprint density at radius 2 is 1.94 bits per heavy atom. The van der Waals surface area contributed by atoms with Crippen LogP contribution in [-0.4, -0.2) is 59.9 Å². The van der Waals surface area contributed by atoms with Crippen molar-refractivity contribution in [1.29, 1.82) is 0 Å². The third kappa shape index (κ3) is 5.26. The lowest BCUT2D eigenvalue weighted by atomic mass is 10.2. The molecule has 0 saturated heterocycles. The molecule has 1 N–H and O–H groups in total. The highest BCUT2D eigenvalue weighted by atomic mass is 16.5. The average molecular weight is 436 g/mol. The van der Waals surface area contributed by atoms with Gasteiger partial charge >= 0.3 is 0 Å². The van der Waals surface area contributed by atoms with E-state index < -0.39 is 0 Å². The molecule has 0 radical (unpaired) electrons. The minimum Gasteiger partial charge on any atom is -0.493 e. The van der Waals surface area contributed by atoms with E-state index in [1.165, 1.54) is 0 Å². The van der Waals surface area contributed by atoms with Gasteiger partial charge in [-0.3, -0.25) is 4.79 Å². The van der Waals surface area contributed by atoms with Gasteiger partial charge in [0.1, 0.15) is 12.4 Å². The second kappa shape index (κ2) is 9.82. The fraction of sp³-hybridized carbons (Fsp3) is 0.375. The van der Waals surface area contributed by atoms with Crippen molar-refractivity contribution in [3.63, 3.8) is 0 Å². The van der Waals surface area contributed by atoms with Crippen LogP contribution < -0.4 is 14.8 Å². The van der Waals surface area contributed by atoms with E-state index in [9.17, 15) is 4.79 Å². The monoisotopic (exact) mass is 435 g/mol. The molecular weight excluding hydrogens is 406 g/mol. The number of carbonyl (C=O) groups is 1. The smallest absolute Gasteiger partial charge is 0.291 e. The fourth-order valence-electron chi connectivity index (χ4n) is 3.33.